The number of nitrogens with one attached hydrogen (secondary N) is 1. The number of ether oxygens (including phenoxy) is 1. The van der Waals surface area contributed by atoms with Gasteiger partial charge in [-0.3, -0.25) is 4.79 Å². The van der Waals surface area contributed by atoms with Gasteiger partial charge in [-0.05, 0) is 61.7 Å². The zero-order valence-corrected chi connectivity index (χ0v) is 19.2. The van der Waals surface area contributed by atoms with E-state index < -0.39 is 0 Å². The molecule has 0 saturated carbocycles. The second-order valence-electron chi connectivity index (χ2n) is 7.84. The molecule has 4 aromatic rings. The summed E-state index contributed by atoms with van der Waals surface area (Å²) in [6.45, 7) is 6.06. The Morgan fingerprint density at radius 2 is 1.88 bits per heavy atom. The van der Waals surface area contributed by atoms with Gasteiger partial charge >= 0.3 is 0 Å². The molecular weight excluding hydrogens is 422 g/mol. The highest BCUT2D eigenvalue weighted by atomic mass is 35.5. The molecule has 0 unspecified atom stereocenters. The second-order valence-corrected chi connectivity index (χ2v) is 8.28. The van der Waals surface area contributed by atoms with Crippen LogP contribution >= 0.6 is 11.6 Å². The van der Waals surface area contributed by atoms with Gasteiger partial charge in [-0.25, -0.2) is 0 Å². The summed E-state index contributed by atoms with van der Waals surface area (Å²) < 4.78 is 11.4. The van der Waals surface area contributed by atoms with Gasteiger partial charge < -0.3 is 14.5 Å². The summed E-state index contributed by atoms with van der Waals surface area (Å²) in [7, 11) is 1.61. The van der Waals surface area contributed by atoms with E-state index in [9.17, 15) is 4.79 Å². The largest absolute Gasteiger partial charge is 0.496 e. The molecule has 4 nitrogen and oxygen atoms in total. The van der Waals surface area contributed by atoms with Crippen molar-refractivity contribution in [3.8, 4) is 16.9 Å². The van der Waals surface area contributed by atoms with Crippen LogP contribution < -0.4 is 10.1 Å². The van der Waals surface area contributed by atoms with Gasteiger partial charge in [0.25, 0.3) is 0 Å². The fraction of sp³-hybridized carbons (Fsp3) is 0.148. The maximum absolute atomic E-state index is 12.6. The molecule has 0 aliphatic rings. The third-order valence-electron chi connectivity index (χ3n) is 5.43. The second kappa shape index (κ2) is 8.93. The lowest BCUT2D eigenvalue weighted by Crippen LogP contribution is -2.08. The standard InChI is InChI=1S/C27H24ClNO3/c1-16-8-9-21(17(2)10-16)24-15-32-26-14-25(31-4)22(13-23(24)26)18(3)11-27(30)29-20-7-5-6-19(28)12-20/h5-15H,1-4H3,(H,29,30)/b18-11+. The van der Waals surface area contributed by atoms with Crippen molar-refractivity contribution in [2.24, 2.45) is 0 Å². The van der Waals surface area contributed by atoms with E-state index >= 15 is 0 Å². The van der Waals surface area contributed by atoms with E-state index in [1.54, 1.807) is 43.7 Å². The number of carbonyl (C=O) groups is 1. The highest BCUT2D eigenvalue weighted by molar-refractivity contribution is 6.31. The zero-order chi connectivity index (χ0) is 22.8. The SMILES string of the molecule is COc1cc2occ(-c3ccc(C)cc3C)c2cc1/C(C)=C/C(=O)Nc1cccc(Cl)c1. The summed E-state index contributed by atoms with van der Waals surface area (Å²) in [5.74, 6) is 0.400. The normalized spacial score (nSPS) is 11.6. The first-order chi connectivity index (χ1) is 15.4. The Hall–Kier alpha value is -3.50. The molecule has 162 valence electrons. The lowest BCUT2D eigenvalue weighted by Gasteiger charge is -2.11. The molecule has 3 aromatic carbocycles. The van der Waals surface area contributed by atoms with E-state index in [0.29, 0.717) is 16.5 Å². The fourth-order valence-electron chi connectivity index (χ4n) is 3.88. The molecule has 0 atom stereocenters. The van der Waals surface area contributed by atoms with Crippen molar-refractivity contribution in [2.75, 3.05) is 12.4 Å². The van der Waals surface area contributed by atoms with Crippen molar-refractivity contribution >= 4 is 39.7 Å². The monoisotopic (exact) mass is 445 g/mol. The molecule has 0 radical (unpaired) electrons. The Kier molecular flexibility index (Phi) is 6.06. The van der Waals surface area contributed by atoms with Crippen LogP contribution in [0, 0.1) is 13.8 Å². The van der Waals surface area contributed by atoms with Crippen molar-refractivity contribution < 1.29 is 13.9 Å². The van der Waals surface area contributed by atoms with Gasteiger partial charge in [0.1, 0.15) is 11.3 Å². The van der Waals surface area contributed by atoms with E-state index in [0.717, 1.165) is 33.2 Å². The summed E-state index contributed by atoms with van der Waals surface area (Å²) >= 11 is 6.01. The third-order valence-corrected chi connectivity index (χ3v) is 5.67. The first-order valence-electron chi connectivity index (χ1n) is 10.3. The van der Waals surface area contributed by atoms with E-state index in [2.05, 4.69) is 37.4 Å². The number of halogens is 1. The minimum absolute atomic E-state index is 0.242. The number of carbonyl (C=O) groups excluding carboxylic acids is 1. The number of aryl methyl sites for hydroxylation is 2. The molecule has 0 aliphatic heterocycles. The average Bonchev–Trinajstić information content (AvgIpc) is 3.15. The number of benzene rings is 3. The highest BCUT2D eigenvalue weighted by Crippen LogP contribution is 2.38. The van der Waals surface area contributed by atoms with Crippen LogP contribution in [0.2, 0.25) is 5.02 Å². The summed E-state index contributed by atoms with van der Waals surface area (Å²) in [6, 6.07) is 17.3. The van der Waals surface area contributed by atoms with Crippen LogP contribution in [-0.2, 0) is 4.79 Å². The van der Waals surface area contributed by atoms with Crippen molar-refractivity contribution in [2.45, 2.75) is 20.8 Å². The average molecular weight is 446 g/mol. The van der Waals surface area contributed by atoms with Crippen molar-refractivity contribution in [3.05, 3.63) is 88.6 Å². The van der Waals surface area contributed by atoms with Crippen molar-refractivity contribution in [1.82, 2.24) is 0 Å². The Bertz CT molecular complexity index is 1350. The number of rotatable bonds is 5. The quantitative estimate of drug-likeness (QED) is 0.325. The molecule has 0 bridgehead atoms. The molecule has 0 spiro atoms. The smallest absolute Gasteiger partial charge is 0.248 e. The molecule has 0 aliphatic carbocycles. The number of fused-ring (bicyclic) bond motifs is 1. The molecule has 0 saturated heterocycles. The molecule has 1 heterocycles. The van der Waals surface area contributed by atoms with Gasteiger partial charge in [0.15, 0.2) is 0 Å². The van der Waals surface area contributed by atoms with Crippen molar-refractivity contribution in [1.29, 1.82) is 0 Å². The van der Waals surface area contributed by atoms with Crippen LogP contribution in [0.1, 0.15) is 23.6 Å². The molecule has 4 rings (SSSR count). The van der Waals surface area contributed by atoms with E-state index in [1.165, 1.54) is 11.1 Å². The van der Waals surface area contributed by atoms with Gasteiger partial charge in [-0.1, -0.05) is 41.4 Å². The molecule has 5 heteroatoms. The summed E-state index contributed by atoms with van der Waals surface area (Å²) in [5, 5.41) is 4.38. The van der Waals surface area contributed by atoms with Crippen LogP contribution in [0.15, 0.2) is 71.4 Å². The number of hydrogen-bond donors (Lipinski definition) is 1. The first kappa shape index (κ1) is 21.7. The van der Waals surface area contributed by atoms with Gasteiger partial charge in [-0.2, -0.15) is 0 Å². The first-order valence-corrected chi connectivity index (χ1v) is 10.7. The molecule has 1 amide bonds. The number of anilines is 1. The number of furan rings is 1. The summed E-state index contributed by atoms with van der Waals surface area (Å²) in [6.07, 6.45) is 3.33. The lowest BCUT2D eigenvalue weighted by molar-refractivity contribution is -0.111. The van der Waals surface area contributed by atoms with Crippen LogP contribution in [0.3, 0.4) is 0 Å². The van der Waals surface area contributed by atoms with Crippen molar-refractivity contribution in [3.63, 3.8) is 0 Å². The third kappa shape index (κ3) is 4.41. The molecule has 1 aromatic heterocycles. The number of allylic oxidation sites excluding steroid dienone is 1. The fourth-order valence-corrected chi connectivity index (χ4v) is 4.07. The minimum atomic E-state index is -0.242. The van der Waals surface area contributed by atoms with Gasteiger partial charge in [0.05, 0.1) is 13.4 Å². The van der Waals surface area contributed by atoms with Gasteiger partial charge in [0, 0.05) is 39.4 Å². The highest BCUT2D eigenvalue weighted by Gasteiger charge is 2.16. The number of methoxy groups -OCH3 is 1. The lowest BCUT2D eigenvalue weighted by atomic mass is 9.96. The predicted molar refractivity (Wildman–Crippen MR) is 131 cm³/mol. The summed E-state index contributed by atoms with van der Waals surface area (Å²) in [4.78, 5) is 12.6. The summed E-state index contributed by atoms with van der Waals surface area (Å²) in [5.41, 5.74) is 7.50. The van der Waals surface area contributed by atoms with Gasteiger partial charge in [-0.15, -0.1) is 0 Å². The van der Waals surface area contributed by atoms with Crippen LogP contribution in [0.5, 0.6) is 5.75 Å². The Morgan fingerprint density at radius 1 is 1.06 bits per heavy atom. The van der Waals surface area contributed by atoms with Crippen LogP contribution in [-0.4, -0.2) is 13.0 Å². The molecule has 32 heavy (non-hydrogen) atoms. The number of hydrogen-bond acceptors (Lipinski definition) is 3. The zero-order valence-electron chi connectivity index (χ0n) is 18.5. The van der Waals surface area contributed by atoms with E-state index in [4.69, 9.17) is 20.8 Å². The van der Waals surface area contributed by atoms with Crippen LogP contribution in [0.4, 0.5) is 5.69 Å². The predicted octanol–water partition coefficient (Wildman–Crippen LogP) is 7.42. The molecule has 1 N–H and O–H groups in total. The van der Waals surface area contributed by atoms with Crippen LogP contribution in [0.25, 0.3) is 27.7 Å². The molecule has 0 fully saturated rings. The number of amides is 1. The minimum Gasteiger partial charge on any atom is -0.496 e. The Labute approximate surface area is 192 Å². The Morgan fingerprint density at radius 3 is 2.59 bits per heavy atom. The topological polar surface area (TPSA) is 51.5 Å². The maximum Gasteiger partial charge on any atom is 0.248 e. The van der Waals surface area contributed by atoms with E-state index in [1.807, 2.05) is 19.1 Å². The molecular formula is C27H24ClNO3. The van der Waals surface area contributed by atoms with E-state index in [-0.39, 0.29) is 5.91 Å². The van der Waals surface area contributed by atoms with Gasteiger partial charge in [0.2, 0.25) is 5.91 Å². The Balaban J connectivity index is 1.74. The maximum atomic E-state index is 12.6.